The van der Waals surface area contributed by atoms with Crippen LogP contribution in [0.5, 0.6) is 0 Å². The lowest BCUT2D eigenvalue weighted by Crippen LogP contribution is -2.38. The van der Waals surface area contributed by atoms with Gasteiger partial charge in [-0.05, 0) is 31.9 Å². The van der Waals surface area contributed by atoms with Gasteiger partial charge in [-0.3, -0.25) is 14.5 Å². The molecular formula is C17H21N7O. The molecule has 1 saturated heterocycles. The van der Waals surface area contributed by atoms with Crippen LogP contribution in [0.25, 0.3) is 11.2 Å². The molecule has 25 heavy (non-hydrogen) atoms. The van der Waals surface area contributed by atoms with Crippen molar-refractivity contribution in [3.63, 3.8) is 0 Å². The van der Waals surface area contributed by atoms with Gasteiger partial charge < -0.3 is 10.6 Å². The average molecular weight is 339 g/mol. The van der Waals surface area contributed by atoms with Gasteiger partial charge in [-0.15, -0.1) is 0 Å². The number of amides is 1. The topological polar surface area (TPSA) is 106 Å². The van der Waals surface area contributed by atoms with Crippen LogP contribution in [0.3, 0.4) is 0 Å². The second kappa shape index (κ2) is 6.19. The van der Waals surface area contributed by atoms with Gasteiger partial charge in [-0.2, -0.15) is 5.10 Å². The largest absolute Gasteiger partial charge is 0.369 e. The number of imidazole rings is 1. The van der Waals surface area contributed by atoms with E-state index >= 15 is 0 Å². The van der Waals surface area contributed by atoms with Gasteiger partial charge in [0.25, 0.3) is 5.91 Å². The van der Waals surface area contributed by atoms with Crippen LogP contribution in [-0.2, 0) is 6.54 Å². The summed E-state index contributed by atoms with van der Waals surface area (Å²) in [5.74, 6) is 0.865. The van der Waals surface area contributed by atoms with Gasteiger partial charge >= 0.3 is 0 Å². The summed E-state index contributed by atoms with van der Waals surface area (Å²) in [5, 5.41) is 7.04. The van der Waals surface area contributed by atoms with Gasteiger partial charge in [0, 0.05) is 43.6 Å². The molecule has 0 radical (unpaired) electrons. The molecule has 1 aliphatic heterocycles. The quantitative estimate of drug-likeness (QED) is 0.756. The molecule has 0 aliphatic carbocycles. The number of hydrogen-bond acceptors (Lipinski definition) is 5. The number of hydrogen-bond donors (Lipinski definition) is 2. The summed E-state index contributed by atoms with van der Waals surface area (Å²) >= 11 is 0. The van der Waals surface area contributed by atoms with Crippen LogP contribution in [0.15, 0.2) is 24.5 Å². The molecule has 0 aromatic carbocycles. The minimum atomic E-state index is 0.00193. The van der Waals surface area contributed by atoms with E-state index in [0.29, 0.717) is 29.5 Å². The number of likely N-dealkylation sites (tertiary alicyclic amines) is 1. The number of nitrogens with one attached hydrogen (secondary N) is 1. The third-order valence-corrected chi connectivity index (χ3v) is 4.92. The normalized spacial score (nSPS) is 15.8. The van der Waals surface area contributed by atoms with Crippen LogP contribution >= 0.6 is 0 Å². The lowest BCUT2D eigenvalue weighted by molar-refractivity contribution is 0.0712. The Hall–Kier alpha value is -2.90. The Morgan fingerprint density at radius 1 is 1.40 bits per heavy atom. The molecule has 1 aliphatic rings. The number of nitrogens with zero attached hydrogens (tertiary/aromatic N) is 5. The SMILES string of the molecule is CCn1c(N)nc2cc(C(=O)N3CCC(c4ccn[nH]4)CC3)cnc21. The Labute approximate surface area is 145 Å². The summed E-state index contributed by atoms with van der Waals surface area (Å²) in [6.45, 7) is 4.14. The Morgan fingerprint density at radius 3 is 2.88 bits per heavy atom. The molecule has 0 bridgehead atoms. The fourth-order valence-corrected chi connectivity index (χ4v) is 3.53. The molecule has 1 amide bonds. The van der Waals surface area contributed by atoms with Gasteiger partial charge in [-0.1, -0.05) is 0 Å². The summed E-state index contributed by atoms with van der Waals surface area (Å²) in [5.41, 5.74) is 9.00. The monoisotopic (exact) mass is 339 g/mol. The van der Waals surface area contributed by atoms with Gasteiger partial charge in [0.15, 0.2) is 5.65 Å². The van der Waals surface area contributed by atoms with E-state index < -0.39 is 0 Å². The first-order chi connectivity index (χ1) is 12.2. The number of nitrogen functional groups attached to an aromatic ring is 1. The predicted octanol–water partition coefficient (Wildman–Crippen LogP) is 1.78. The number of carbonyl (C=O) groups excluding carboxylic acids is 1. The van der Waals surface area contributed by atoms with Crippen LogP contribution in [0, 0.1) is 0 Å². The molecule has 0 unspecified atom stereocenters. The molecule has 0 spiro atoms. The van der Waals surface area contributed by atoms with Crippen LogP contribution in [0.1, 0.15) is 41.7 Å². The zero-order chi connectivity index (χ0) is 17.4. The van der Waals surface area contributed by atoms with E-state index in [1.54, 1.807) is 18.5 Å². The summed E-state index contributed by atoms with van der Waals surface area (Å²) in [7, 11) is 0. The number of rotatable bonds is 3. The van der Waals surface area contributed by atoms with E-state index in [9.17, 15) is 4.79 Å². The highest BCUT2D eigenvalue weighted by atomic mass is 16.2. The standard InChI is InChI=1S/C17H21N7O/c1-2-24-15-14(21-17(24)18)9-12(10-19-15)16(25)23-7-4-11(5-8-23)13-3-6-20-22-13/h3,6,9-11H,2,4-5,7-8H2,1H3,(H2,18,21)(H,20,22). The molecular weight excluding hydrogens is 318 g/mol. The number of pyridine rings is 1. The van der Waals surface area contributed by atoms with E-state index in [2.05, 4.69) is 20.2 Å². The van der Waals surface area contributed by atoms with Crippen molar-refractivity contribution < 1.29 is 4.79 Å². The molecule has 8 heteroatoms. The highest BCUT2D eigenvalue weighted by Gasteiger charge is 2.26. The molecule has 3 aromatic heterocycles. The molecule has 0 atom stereocenters. The smallest absolute Gasteiger partial charge is 0.255 e. The molecule has 4 rings (SSSR count). The van der Waals surface area contributed by atoms with Gasteiger partial charge in [0.2, 0.25) is 5.95 Å². The van der Waals surface area contributed by atoms with Gasteiger partial charge in [-0.25, -0.2) is 9.97 Å². The maximum atomic E-state index is 12.8. The second-order valence-electron chi connectivity index (χ2n) is 6.36. The second-order valence-corrected chi connectivity index (χ2v) is 6.36. The summed E-state index contributed by atoms with van der Waals surface area (Å²) in [6, 6.07) is 3.79. The Balaban J connectivity index is 1.50. The van der Waals surface area contributed by atoms with Crippen molar-refractivity contribution in [2.45, 2.75) is 32.2 Å². The minimum absolute atomic E-state index is 0.00193. The number of aryl methyl sites for hydroxylation is 1. The fraction of sp³-hybridized carbons (Fsp3) is 0.412. The summed E-state index contributed by atoms with van der Waals surface area (Å²) in [4.78, 5) is 23.4. The highest BCUT2D eigenvalue weighted by Crippen LogP contribution is 2.27. The summed E-state index contributed by atoms with van der Waals surface area (Å²) < 4.78 is 1.83. The van der Waals surface area contributed by atoms with Crippen molar-refractivity contribution in [2.24, 2.45) is 0 Å². The van der Waals surface area contributed by atoms with Crippen LogP contribution in [0.4, 0.5) is 5.95 Å². The lowest BCUT2D eigenvalue weighted by Gasteiger charge is -2.31. The Bertz CT molecular complexity index is 891. The summed E-state index contributed by atoms with van der Waals surface area (Å²) in [6.07, 6.45) is 5.26. The number of nitrogens with two attached hydrogens (primary N) is 1. The zero-order valence-electron chi connectivity index (χ0n) is 14.1. The third-order valence-electron chi connectivity index (χ3n) is 4.92. The molecule has 1 fully saturated rings. The van der Waals surface area contributed by atoms with E-state index in [-0.39, 0.29) is 5.91 Å². The Kier molecular flexibility index (Phi) is 3.87. The first kappa shape index (κ1) is 15.6. The number of H-pyrrole nitrogens is 1. The maximum Gasteiger partial charge on any atom is 0.255 e. The number of anilines is 1. The molecule has 3 N–H and O–H groups in total. The lowest BCUT2D eigenvalue weighted by atomic mass is 9.93. The first-order valence-electron chi connectivity index (χ1n) is 8.57. The molecule has 0 saturated carbocycles. The number of aromatic amines is 1. The van der Waals surface area contributed by atoms with E-state index in [4.69, 9.17) is 5.73 Å². The number of carbonyl (C=O) groups is 1. The van der Waals surface area contributed by atoms with Crippen molar-refractivity contribution in [3.8, 4) is 0 Å². The predicted molar refractivity (Wildman–Crippen MR) is 94.1 cm³/mol. The minimum Gasteiger partial charge on any atom is -0.369 e. The van der Waals surface area contributed by atoms with E-state index in [0.717, 1.165) is 37.3 Å². The van der Waals surface area contributed by atoms with Crippen molar-refractivity contribution in [1.29, 1.82) is 0 Å². The van der Waals surface area contributed by atoms with Gasteiger partial charge in [0.05, 0.1) is 5.56 Å². The first-order valence-corrected chi connectivity index (χ1v) is 8.57. The molecule has 3 aromatic rings. The fourth-order valence-electron chi connectivity index (χ4n) is 3.53. The van der Waals surface area contributed by atoms with Crippen molar-refractivity contribution in [1.82, 2.24) is 29.6 Å². The molecule has 130 valence electrons. The third kappa shape index (κ3) is 2.73. The number of piperidine rings is 1. The van der Waals surface area contributed by atoms with Gasteiger partial charge in [0.1, 0.15) is 5.52 Å². The van der Waals surface area contributed by atoms with Crippen molar-refractivity contribution in [2.75, 3.05) is 18.8 Å². The zero-order valence-corrected chi connectivity index (χ0v) is 14.1. The van der Waals surface area contributed by atoms with Crippen LogP contribution in [0.2, 0.25) is 0 Å². The number of aromatic nitrogens is 5. The van der Waals surface area contributed by atoms with E-state index in [1.807, 2.05) is 22.5 Å². The van der Waals surface area contributed by atoms with E-state index in [1.165, 1.54) is 0 Å². The van der Waals surface area contributed by atoms with Crippen LogP contribution < -0.4 is 5.73 Å². The van der Waals surface area contributed by atoms with Crippen molar-refractivity contribution in [3.05, 3.63) is 35.8 Å². The molecule has 8 nitrogen and oxygen atoms in total. The van der Waals surface area contributed by atoms with Crippen molar-refractivity contribution >= 4 is 23.0 Å². The average Bonchev–Trinajstić information content (AvgIpc) is 3.27. The maximum absolute atomic E-state index is 12.8. The highest BCUT2D eigenvalue weighted by molar-refractivity contribution is 5.96. The molecule has 4 heterocycles. The number of fused-ring (bicyclic) bond motifs is 1. The van der Waals surface area contributed by atoms with Crippen LogP contribution in [-0.4, -0.2) is 48.6 Å². The Morgan fingerprint density at radius 2 is 2.20 bits per heavy atom.